The van der Waals surface area contributed by atoms with Crippen molar-refractivity contribution in [2.24, 2.45) is 17.3 Å². The Kier molecular flexibility index (Phi) is 4.33. The van der Waals surface area contributed by atoms with Crippen molar-refractivity contribution in [1.29, 1.82) is 0 Å². The normalized spacial score (nSPS) is 32.3. The van der Waals surface area contributed by atoms with E-state index in [1.54, 1.807) is 6.33 Å². The van der Waals surface area contributed by atoms with E-state index in [0.29, 0.717) is 23.9 Å². The van der Waals surface area contributed by atoms with E-state index in [4.69, 9.17) is 11.6 Å². The highest BCUT2D eigenvalue weighted by molar-refractivity contribution is 6.28. The number of hydrogen-bond donors (Lipinski definition) is 1. The number of nitrogens with one attached hydrogen (secondary N) is 1. The molecule has 2 aromatic rings. The van der Waals surface area contributed by atoms with Crippen LogP contribution in [0.2, 0.25) is 5.28 Å². The monoisotopic (exact) mass is 440 g/mol. The van der Waals surface area contributed by atoms with Gasteiger partial charge in [0.2, 0.25) is 11.2 Å². The first kappa shape index (κ1) is 19.7. The lowest BCUT2D eigenvalue weighted by molar-refractivity contribution is -0.274. The summed E-state index contributed by atoms with van der Waals surface area (Å²) in [5.41, 5.74) is -0.335. The molecule has 1 aromatic heterocycles. The van der Waals surface area contributed by atoms with E-state index in [9.17, 15) is 18.0 Å². The Morgan fingerprint density at radius 2 is 1.83 bits per heavy atom. The largest absolute Gasteiger partial charge is 0.573 e. The van der Waals surface area contributed by atoms with Crippen LogP contribution in [0.5, 0.6) is 5.75 Å². The van der Waals surface area contributed by atoms with Gasteiger partial charge in [-0.15, -0.1) is 18.3 Å². The van der Waals surface area contributed by atoms with E-state index in [1.165, 1.54) is 24.3 Å². The van der Waals surface area contributed by atoms with Gasteiger partial charge in [-0.1, -0.05) is 0 Å². The van der Waals surface area contributed by atoms with Gasteiger partial charge in [-0.05, 0) is 86.2 Å². The molecule has 1 N–H and O–H groups in total. The highest BCUT2D eigenvalue weighted by Crippen LogP contribution is 2.64. The summed E-state index contributed by atoms with van der Waals surface area (Å²) in [6, 6.07) is 5.24. The van der Waals surface area contributed by atoms with Gasteiger partial charge in [-0.3, -0.25) is 4.79 Å². The van der Waals surface area contributed by atoms with Crippen molar-refractivity contribution in [3.63, 3.8) is 0 Å². The van der Waals surface area contributed by atoms with Gasteiger partial charge >= 0.3 is 6.36 Å². The van der Waals surface area contributed by atoms with Crippen LogP contribution < -0.4 is 10.1 Å². The zero-order valence-corrected chi connectivity index (χ0v) is 16.7. The number of anilines is 1. The maximum absolute atomic E-state index is 13.4. The molecular weight excluding hydrogens is 421 g/mol. The average molecular weight is 441 g/mol. The molecule has 2 unspecified atom stereocenters. The molecule has 1 heterocycles. The maximum atomic E-state index is 13.4. The van der Waals surface area contributed by atoms with Crippen molar-refractivity contribution in [3.8, 4) is 5.75 Å². The molecule has 10 heteroatoms. The van der Waals surface area contributed by atoms with E-state index in [1.807, 2.05) is 4.68 Å². The third kappa shape index (κ3) is 3.42. The van der Waals surface area contributed by atoms with Crippen molar-refractivity contribution >= 4 is 23.2 Å². The summed E-state index contributed by atoms with van der Waals surface area (Å²) in [5, 5.41) is 7.46. The summed E-state index contributed by atoms with van der Waals surface area (Å²) in [4.78, 5) is 17.4. The predicted octanol–water partition coefficient (Wildman–Crippen LogP) is 4.76. The summed E-state index contributed by atoms with van der Waals surface area (Å²) < 4.78 is 42.8. The molecule has 1 aromatic carbocycles. The lowest BCUT2D eigenvalue weighted by Crippen LogP contribution is -2.60. The van der Waals surface area contributed by atoms with E-state index < -0.39 is 11.8 Å². The van der Waals surface area contributed by atoms with Crippen LogP contribution in [-0.2, 0) is 10.3 Å². The molecule has 30 heavy (non-hydrogen) atoms. The molecule has 2 atom stereocenters. The topological polar surface area (TPSA) is 69.0 Å². The molecule has 0 spiro atoms. The number of amides is 1. The molecule has 4 bridgehead atoms. The van der Waals surface area contributed by atoms with Crippen molar-refractivity contribution in [3.05, 3.63) is 35.9 Å². The number of ether oxygens (including phenoxy) is 1. The smallest absolute Gasteiger partial charge is 0.406 e. The molecule has 160 valence electrons. The minimum Gasteiger partial charge on any atom is -0.406 e. The number of aromatic nitrogens is 3. The molecule has 4 aliphatic carbocycles. The van der Waals surface area contributed by atoms with Gasteiger partial charge in [0, 0.05) is 5.69 Å². The summed E-state index contributed by atoms with van der Waals surface area (Å²) in [7, 11) is 0. The van der Waals surface area contributed by atoms with Crippen LogP contribution in [0.25, 0.3) is 0 Å². The number of halogens is 4. The van der Waals surface area contributed by atoms with E-state index in [2.05, 4.69) is 20.1 Å². The maximum Gasteiger partial charge on any atom is 0.573 e. The van der Waals surface area contributed by atoms with Gasteiger partial charge in [0.1, 0.15) is 12.1 Å². The van der Waals surface area contributed by atoms with Gasteiger partial charge in [-0.2, -0.15) is 0 Å². The van der Waals surface area contributed by atoms with Gasteiger partial charge in [0.05, 0.1) is 11.0 Å². The van der Waals surface area contributed by atoms with Gasteiger partial charge < -0.3 is 10.1 Å². The van der Waals surface area contributed by atoms with Crippen LogP contribution in [0.1, 0.15) is 38.5 Å². The van der Waals surface area contributed by atoms with E-state index in [-0.39, 0.29) is 22.5 Å². The molecule has 1 amide bonds. The molecule has 0 saturated heterocycles. The van der Waals surface area contributed by atoms with Gasteiger partial charge in [-0.25, -0.2) is 9.67 Å². The number of carbonyl (C=O) groups is 1. The molecule has 4 fully saturated rings. The molecule has 4 saturated carbocycles. The SMILES string of the molecule is O=C(Nc1ccc(OC(F)(F)F)cc1)C12CC3CC(C1)CC(n1cnc(Cl)n1)(C3)C2. The van der Waals surface area contributed by atoms with Crippen LogP contribution in [0.15, 0.2) is 30.6 Å². The standard InChI is InChI=1S/C20H20ClF3N4O2/c21-17-25-11-28(27-17)19-8-12-5-13(9-19)7-18(6-12,10-19)16(29)26-14-1-3-15(4-2-14)30-20(22,23)24/h1-4,11-13H,5-10H2,(H,26,29). The molecule has 0 aliphatic heterocycles. The lowest BCUT2D eigenvalue weighted by atomic mass is 9.46. The molecule has 6 nitrogen and oxygen atoms in total. The Balaban J connectivity index is 1.37. The Bertz CT molecular complexity index is 961. The molecular formula is C20H20ClF3N4O2. The average Bonchev–Trinajstić information content (AvgIpc) is 3.08. The van der Waals surface area contributed by atoms with E-state index >= 15 is 0 Å². The zero-order chi connectivity index (χ0) is 21.1. The van der Waals surface area contributed by atoms with Crippen molar-refractivity contribution in [2.75, 3.05) is 5.32 Å². The second-order valence-electron chi connectivity index (χ2n) is 8.95. The Morgan fingerprint density at radius 3 is 2.40 bits per heavy atom. The van der Waals surface area contributed by atoms with Crippen LogP contribution >= 0.6 is 11.6 Å². The first-order valence-electron chi connectivity index (χ1n) is 9.90. The number of nitrogens with zero attached hydrogens (tertiary/aromatic N) is 3. The second kappa shape index (κ2) is 6.60. The Labute approximate surface area is 175 Å². The third-order valence-electron chi connectivity index (χ3n) is 6.81. The molecule has 6 rings (SSSR count). The van der Waals surface area contributed by atoms with Crippen LogP contribution in [0.4, 0.5) is 18.9 Å². The molecule has 0 radical (unpaired) electrons. The van der Waals surface area contributed by atoms with Crippen LogP contribution in [-0.4, -0.2) is 27.0 Å². The molecule has 4 aliphatic rings. The van der Waals surface area contributed by atoms with Crippen LogP contribution in [0, 0.1) is 17.3 Å². The summed E-state index contributed by atoms with van der Waals surface area (Å²) in [5.74, 6) is 0.457. The number of rotatable bonds is 4. The van der Waals surface area contributed by atoms with Crippen molar-refractivity contribution in [2.45, 2.75) is 50.4 Å². The summed E-state index contributed by atoms with van der Waals surface area (Å²) in [6.45, 7) is 0. The highest BCUT2D eigenvalue weighted by Gasteiger charge is 2.61. The van der Waals surface area contributed by atoms with Crippen LogP contribution in [0.3, 0.4) is 0 Å². The predicted molar refractivity (Wildman–Crippen MR) is 102 cm³/mol. The Hall–Kier alpha value is -2.29. The minimum atomic E-state index is -4.75. The number of alkyl halides is 3. The lowest BCUT2D eigenvalue weighted by Gasteiger charge is -2.60. The van der Waals surface area contributed by atoms with Crippen molar-refractivity contribution in [1.82, 2.24) is 14.8 Å². The number of hydrogen-bond acceptors (Lipinski definition) is 4. The second-order valence-corrected chi connectivity index (χ2v) is 9.29. The zero-order valence-electron chi connectivity index (χ0n) is 16.0. The summed E-state index contributed by atoms with van der Waals surface area (Å²) in [6.07, 6.45) is 2.23. The fourth-order valence-corrected chi connectivity index (χ4v) is 6.35. The number of benzene rings is 1. The first-order valence-corrected chi connectivity index (χ1v) is 10.3. The van der Waals surface area contributed by atoms with E-state index in [0.717, 1.165) is 32.1 Å². The first-order chi connectivity index (χ1) is 14.1. The third-order valence-corrected chi connectivity index (χ3v) is 6.98. The fraction of sp³-hybridized carbons (Fsp3) is 0.550. The summed E-state index contributed by atoms with van der Waals surface area (Å²) >= 11 is 5.96. The minimum absolute atomic E-state index is 0.0864. The highest BCUT2D eigenvalue weighted by atomic mass is 35.5. The number of carbonyl (C=O) groups excluding carboxylic acids is 1. The Morgan fingerprint density at radius 1 is 1.17 bits per heavy atom. The van der Waals surface area contributed by atoms with Crippen molar-refractivity contribution < 1.29 is 22.7 Å². The van der Waals surface area contributed by atoms with Gasteiger partial charge in [0.25, 0.3) is 0 Å². The van der Waals surface area contributed by atoms with Gasteiger partial charge in [0.15, 0.2) is 0 Å². The quantitative estimate of drug-likeness (QED) is 0.744. The fourth-order valence-electron chi connectivity index (χ4n) is 6.22.